The number of aromatic amines is 1. The van der Waals surface area contributed by atoms with E-state index < -0.39 is 0 Å². The number of ether oxygens (including phenoxy) is 1. The van der Waals surface area contributed by atoms with Gasteiger partial charge < -0.3 is 20.4 Å². The van der Waals surface area contributed by atoms with Gasteiger partial charge in [0.25, 0.3) is 0 Å². The van der Waals surface area contributed by atoms with E-state index in [9.17, 15) is 4.79 Å². The molecule has 1 aromatic heterocycles. The summed E-state index contributed by atoms with van der Waals surface area (Å²) in [4.78, 5) is 16.8. The summed E-state index contributed by atoms with van der Waals surface area (Å²) in [5.41, 5.74) is 3.12. The summed E-state index contributed by atoms with van der Waals surface area (Å²) in [5.74, 6) is -0.344. The van der Waals surface area contributed by atoms with E-state index in [-0.39, 0.29) is 5.97 Å². The highest BCUT2D eigenvalue weighted by atomic mass is 32.2. The van der Waals surface area contributed by atoms with Crippen LogP contribution in [-0.2, 0) is 4.74 Å². The highest BCUT2D eigenvalue weighted by Crippen LogP contribution is 2.32. The molecule has 0 bridgehead atoms. The van der Waals surface area contributed by atoms with E-state index in [1.54, 1.807) is 24.8 Å². The fraction of sp³-hybridized carbons (Fsp3) is 0.250. The van der Waals surface area contributed by atoms with Crippen LogP contribution in [0.4, 0.5) is 5.69 Å². The lowest BCUT2D eigenvalue weighted by atomic mass is 10.2. The molecule has 5 nitrogen and oxygen atoms in total. The second-order valence-electron chi connectivity index (χ2n) is 4.64. The van der Waals surface area contributed by atoms with Crippen molar-refractivity contribution in [1.82, 2.24) is 4.98 Å². The zero-order valence-electron chi connectivity index (χ0n) is 12.8. The third-order valence-electron chi connectivity index (χ3n) is 3.14. The topological polar surface area (TPSA) is 78.0 Å². The molecule has 0 aliphatic heterocycles. The van der Waals surface area contributed by atoms with Gasteiger partial charge in [-0.2, -0.15) is 0 Å². The summed E-state index contributed by atoms with van der Waals surface area (Å²) in [5, 5.41) is 10.5. The summed E-state index contributed by atoms with van der Waals surface area (Å²) >= 11 is 1.55. The molecule has 0 aliphatic rings. The van der Waals surface area contributed by atoms with Gasteiger partial charge in [0.15, 0.2) is 0 Å². The second kappa shape index (κ2) is 7.17. The number of hydrogen-bond donors (Lipinski definition) is 3. The van der Waals surface area contributed by atoms with Crippen LogP contribution in [-0.4, -0.2) is 30.8 Å². The number of nitrogens with one attached hydrogen (secondary N) is 3. The predicted molar refractivity (Wildman–Crippen MR) is 89.5 cm³/mol. The van der Waals surface area contributed by atoms with Gasteiger partial charge in [-0.25, -0.2) is 4.79 Å². The van der Waals surface area contributed by atoms with Crippen LogP contribution in [0.5, 0.6) is 0 Å². The number of benzene rings is 1. The Morgan fingerprint density at radius 1 is 1.45 bits per heavy atom. The smallest absolute Gasteiger partial charge is 0.354 e. The lowest BCUT2D eigenvalue weighted by molar-refractivity contribution is 0.0520. The monoisotopic (exact) mass is 317 g/mol. The van der Waals surface area contributed by atoms with Crippen LogP contribution >= 0.6 is 11.8 Å². The lowest BCUT2D eigenvalue weighted by Gasteiger charge is -2.07. The van der Waals surface area contributed by atoms with E-state index in [2.05, 4.69) is 10.3 Å². The number of aromatic nitrogens is 1. The molecule has 0 radical (unpaired) electrons. The predicted octanol–water partition coefficient (Wildman–Crippen LogP) is 3.69. The Morgan fingerprint density at radius 2 is 2.23 bits per heavy atom. The Hall–Kier alpha value is -2.21. The molecule has 22 heavy (non-hydrogen) atoms. The molecule has 0 unspecified atom stereocenters. The fourth-order valence-corrected chi connectivity index (χ4v) is 3.00. The van der Waals surface area contributed by atoms with E-state index >= 15 is 0 Å². The van der Waals surface area contributed by atoms with Crippen LogP contribution in [0.1, 0.15) is 28.7 Å². The number of rotatable bonds is 6. The lowest BCUT2D eigenvalue weighted by Crippen LogP contribution is -2.04. The Balaban J connectivity index is 2.24. The van der Waals surface area contributed by atoms with Gasteiger partial charge in [-0.05, 0) is 38.1 Å². The maximum atomic E-state index is 11.7. The van der Waals surface area contributed by atoms with Crippen LogP contribution in [0, 0.1) is 12.3 Å². The maximum Gasteiger partial charge on any atom is 0.354 e. The number of esters is 1. The normalized spacial score (nSPS) is 10.3. The minimum atomic E-state index is -0.344. The third-order valence-corrected chi connectivity index (χ3v) is 4.27. The van der Waals surface area contributed by atoms with Crippen molar-refractivity contribution in [2.75, 3.05) is 19.0 Å². The molecule has 0 saturated heterocycles. The standard InChI is InChI=1S/C16H19N3O2S/c1-4-21-16(20)14-8-15(10(2)19-14)22-12-5-6-13(18-3)11(7-12)9-17/h5-9,17-19H,4H2,1-3H3. The molecule has 2 aromatic rings. The Labute approximate surface area is 134 Å². The SMILES string of the molecule is CCOC(=O)c1cc(Sc2ccc(NC)c(C=N)c2)c(C)[nH]1. The van der Waals surface area contributed by atoms with Gasteiger partial charge >= 0.3 is 5.97 Å². The molecule has 3 N–H and O–H groups in total. The molecule has 116 valence electrons. The zero-order chi connectivity index (χ0) is 16.1. The molecule has 0 amide bonds. The van der Waals surface area contributed by atoms with E-state index in [1.807, 2.05) is 32.2 Å². The van der Waals surface area contributed by atoms with Gasteiger partial charge in [0, 0.05) is 40.0 Å². The molecular weight excluding hydrogens is 298 g/mol. The van der Waals surface area contributed by atoms with Crippen molar-refractivity contribution >= 4 is 29.6 Å². The highest BCUT2D eigenvalue weighted by molar-refractivity contribution is 7.99. The van der Waals surface area contributed by atoms with Gasteiger partial charge in [-0.3, -0.25) is 0 Å². The minimum Gasteiger partial charge on any atom is -0.461 e. The van der Waals surface area contributed by atoms with E-state index in [0.29, 0.717) is 12.3 Å². The van der Waals surface area contributed by atoms with Gasteiger partial charge in [0.05, 0.1) is 6.61 Å². The summed E-state index contributed by atoms with van der Waals surface area (Å²) in [6.07, 6.45) is 1.32. The average molecular weight is 317 g/mol. The first-order chi connectivity index (χ1) is 10.6. The minimum absolute atomic E-state index is 0.344. The fourth-order valence-electron chi connectivity index (χ4n) is 2.04. The molecule has 0 fully saturated rings. The number of aryl methyl sites for hydroxylation is 1. The molecule has 0 spiro atoms. The highest BCUT2D eigenvalue weighted by Gasteiger charge is 2.13. The third kappa shape index (κ3) is 3.51. The van der Waals surface area contributed by atoms with Crippen molar-refractivity contribution < 1.29 is 9.53 Å². The summed E-state index contributed by atoms with van der Waals surface area (Å²) in [6.45, 7) is 4.06. The van der Waals surface area contributed by atoms with E-state index in [0.717, 1.165) is 26.7 Å². The molecule has 0 aliphatic carbocycles. The quantitative estimate of drug-likeness (QED) is 0.561. The van der Waals surface area contributed by atoms with E-state index in [4.69, 9.17) is 10.1 Å². The molecule has 1 heterocycles. The second-order valence-corrected chi connectivity index (χ2v) is 5.75. The van der Waals surface area contributed by atoms with Crippen molar-refractivity contribution in [2.24, 2.45) is 0 Å². The van der Waals surface area contributed by atoms with Gasteiger partial charge in [0.1, 0.15) is 5.69 Å². The van der Waals surface area contributed by atoms with E-state index in [1.165, 1.54) is 6.21 Å². The number of carbonyl (C=O) groups is 1. The van der Waals surface area contributed by atoms with Crippen LogP contribution in [0.3, 0.4) is 0 Å². The van der Waals surface area contributed by atoms with Crippen molar-refractivity contribution in [3.05, 3.63) is 41.2 Å². The number of H-pyrrole nitrogens is 1. The van der Waals surface area contributed by atoms with Crippen LogP contribution in [0.25, 0.3) is 0 Å². The van der Waals surface area contributed by atoms with Crippen molar-refractivity contribution in [3.8, 4) is 0 Å². The molecular formula is C16H19N3O2S. The zero-order valence-corrected chi connectivity index (χ0v) is 13.6. The summed E-state index contributed by atoms with van der Waals surface area (Å²) < 4.78 is 5.00. The van der Waals surface area contributed by atoms with Gasteiger partial charge in [-0.1, -0.05) is 11.8 Å². The molecule has 2 rings (SSSR count). The number of hydrogen-bond acceptors (Lipinski definition) is 5. The Bertz CT molecular complexity index is 695. The first-order valence-corrected chi connectivity index (χ1v) is 7.77. The molecule has 0 atom stereocenters. The van der Waals surface area contributed by atoms with Gasteiger partial charge in [0.2, 0.25) is 0 Å². The Kier molecular flexibility index (Phi) is 5.27. The molecule has 6 heteroatoms. The Morgan fingerprint density at radius 3 is 2.86 bits per heavy atom. The molecule has 1 aromatic carbocycles. The number of carbonyl (C=O) groups excluding carboxylic acids is 1. The first-order valence-electron chi connectivity index (χ1n) is 6.96. The van der Waals surface area contributed by atoms with Crippen LogP contribution in [0.2, 0.25) is 0 Å². The summed E-state index contributed by atoms with van der Waals surface area (Å²) in [7, 11) is 1.83. The maximum absolute atomic E-state index is 11.7. The number of anilines is 1. The first kappa shape index (κ1) is 16.2. The van der Waals surface area contributed by atoms with Crippen molar-refractivity contribution in [3.63, 3.8) is 0 Å². The van der Waals surface area contributed by atoms with Crippen LogP contribution < -0.4 is 5.32 Å². The van der Waals surface area contributed by atoms with Crippen molar-refractivity contribution in [2.45, 2.75) is 23.6 Å². The largest absolute Gasteiger partial charge is 0.461 e. The molecule has 0 saturated carbocycles. The summed E-state index contributed by atoms with van der Waals surface area (Å²) in [6, 6.07) is 7.67. The van der Waals surface area contributed by atoms with Crippen molar-refractivity contribution in [1.29, 1.82) is 5.41 Å². The average Bonchev–Trinajstić information content (AvgIpc) is 2.88. The van der Waals surface area contributed by atoms with Crippen LogP contribution in [0.15, 0.2) is 34.1 Å². The van der Waals surface area contributed by atoms with Gasteiger partial charge in [-0.15, -0.1) is 0 Å².